The molecule has 2 heterocycles. The second-order valence-electron chi connectivity index (χ2n) is 13.9. The SMILES string of the molecule is CC1(C)CC(OC(=O)CCCCCCCCC(=O)OC2CC(C)(C)[PH](=O)C(C)(C)C2)CC(C)(C)[PH]1=O. The van der Waals surface area contributed by atoms with E-state index < -0.39 is 15.6 Å². The molecule has 8 heteroatoms. The summed E-state index contributed by atoms with van der Waals surface area (Å²) in [5.74, 6) is -0.287. The third-order valence-electron chi connectivity index (χ3n) is 8.02. The van der Waals surface area contributed by atoms with Gasteiger partial charge in [-0.05, 0) is 38.5 Å². The van der Waals surface area contributed by atoms with Crippen molar-refractivity contribution in [1.82, 2.24) is 0 Å². The van der Waals surface area contributed by atoms with Crippen molar-refractivity contribution < 1.29 is 28.2 Å². The van der Waals surface area contributed by atoms with Crippen molar-refractivity contribution in [2.24, 2.45) is 0 Å². The summed E-state index contributed by atoms with van der Waals surface area (Å²) >= 11 is 0. The Hall–Kier alpha value is -0.600. The molecular weight excluding hydrogens is 494 g/mol. The first-order valence-corrected chi connectivity index (χ1v) is 16.8. The number of carbonyl (C=O) groups excluding carboxylic acids is 2. The van der Waals surface area contributed by atoms with Crippen LogP contribution in [0.4, 0.5) is 0 Å². The molecule has 210 valence electrons. The highest BCUT2D eigenvalue weighted by molar-refractivity contribution is 7.48. The molecule has 0 aromatic rings. The molecule has 36 heavy (non-hydrogen) atoms. The van der Waals surface area contributed by atoms with Crippen molar-refractivity contribution in [2.75, 3.05) is 0 Å². The minimum absolute atomic E-state index is 0.140. The average Bonchev–Trinajstić information content (AvgIpc) is 2.71. The van der Waals surface area contributed by atoms with Crippen LogP contribution in [-0.4, -0.2) is 44.8 Å². The van der Waals surface area contributed by atoms with Crippen LogP contribution >= 0.6 is 15.6 Å². The Bertz CT molecular complexity index is 722. The Morgan fingerprint density at radius 1 is 0.556 bits per heavy atom. The predicted molar refractivity (Wildman–Crippen MR) is 149 cm³/mol. The molecule has 0 atom stereocenters. The van der Waals surface area contributed by atoms with E-state index in [4.69, 9.17) is 9.47 Å². The minimum atomic E-state index is -1.75. The highest BCUT2D eigenvalue weighted by Crippen LogP contribution is 2.59. The maximum atomic E-state index is 12.7. The van der Waals surface area contributed by atoms with Gasteiger partial charge in [0, 0.05) is 33.5 Å². The number of ether oxygens (including phenoxy) is 2. The Morgan fingerprint density at radius 3 is 1.08 bits per heavy atom. The van der Waals surface area contributed by atoms with E-state index in [1.807, 2.05) is 55.4 Å². The van der Waals surface area contributed by atoms with Gasteiger partial charge in [-0.15, -0.1) is 0 Å². The Labute approximate surface area is 221 Å². The van der Waals surface area contributed by atoms with Crippen LogP contribution in [0.2, 0.25) is 0 Å². The lowest BCUT2D eigenvalue weighted by molar-refractivity contribution is -0.151. The van der Waals surface area contributed by atoms with E-state index in [9.17, 15) is 18.7 Å². The fourth-order valence-corrected chi connectivity index (χ4v) is 11.8. The molecular formula is C28H52O6P2. The number of unbranched alkanes of at least 4 members (excludes halogenated alkanes) is 5. The van der Waals surface area contributed by atoms with E-state index in [-0.39, 0.29) is 44.8 Å². The van der Waals surface area contributed by atoms with E-state index in [0.717, 1.165) is 38.5 Å². The van der Waals surface area contributed by atoms with E-state index in [1.54, 1.807) is 0 Å². The van der Waals surface area contributed by atoms with Crippen LogP contribution in [0.3, 0.4) is 0 Å². The number of hydrogen-bond donors (Lipinski definition) is 0. The summed E-state index contributed by atoms with van der Waals surface area (Å²) in [7, 11) is -3.50. The fraction of sp³-hybridized carbons (Fsp3) is 0.929. The molecule has 0 radical (unpaired) electrons. The zero-order valence-electron chi connectivity index (χ0n) is 24.1. The van der Waals surface area contributed by atoms with Gasteiger partial charge < -0.3 is 18.6 Å². The van der Waals surface area contributed by atoms with Crippen LogP contribution < -0.4 is 0 Å². The zero-order chi connectivity index (χ0) is 27.4. The predicted octanol–water partition coefficient (Wildman–Crippen LogP) is 7.75. The third kappa shape index (κ3) is 9.00. The van der Waals surface area contributed by atoms with Crippen LogP contribution in [0, 0.1) is 0 Å². The molecule has 0 amide bonds. The topological polar surface area (TPSA) is 86.7 Å². The Morgan fingerprint density at radius 2 is 0.806 bits per heavy atom. The van der Waals surface area contributed by atoms with E-state index in [0.29, 0.717) is 38.5 Å². The molecule has 2 fully saturated rings. The molecule has 2 aliphatic heterocycles. The van der Waals surface area contributed by atoms with Gasteiger partial charge in [0.05, 0.1) is 15.6 Å². The molecule has 0 aromatic carbocycles. The zero-order valence-corrected chi connectivity index (χ0v) is 26.1. The fourth-order valence-electron chi connectivity index (χ4n) is 6.53. The molecule has 0 bridgehead atoms. The quantitative estimate of drug-likeness (QED) is 0.150. The smallest absolute Gasteiger partial charge is 0.306 e. The van der Waals surface area contributed by atoms with Crippen LogP contribution in [0.15, 0.2) is 0 Å². The average molecular weight is 547 g/mol. The highest BCUT2D eigenvalue weighted by atomic mass is 31.1. The van der Waals surface area contributed by atoms with Crippen molar-refractivity contribution in [3.05, 3.63) is 0 Å². The largest absolute Gasteiger partial charge is 0.462 e. The van der Waals surface area contributed by atoms with Crippen LogP contribution in [0.1, 0.15) is 132 Å². The summed E-state index contributed by atoms with van der Waals surface area (Å²) in [4.78, 5) is 24.7. The minimum Gasteiger partial charge on any atom is -0.462 e. The molecule has 2 rings (SSSR count). The third-order valence-corrected chi connectivity index (χ3v) is 13.8. The van der Waals surface area contributed by atoms with Gasteiger partial charge in [-0.25, -0.2) is 0 Å². The molecule has 0 spiro atoms. The summed E-state index contributed by atoms with van der Waals surface area (Å²) < 4.78 is 36.9. The first-order chi connectivity index (χ1) is 16.5. The summed E-state index contributed by atoms with van der Waals surface area (Å²) in [5, 5.41) is -1.08. The Kier molecular flexibility index (Phi) is 11.0. The second kappa shape index (κ2) is 12.5. The lowest BCUT2D eigenvalue weighted by Gasteiger charge is -2.43. The van der Waals surface area contributed by atoms with Crippen molar-refractivity contribution >= 4 is 27.5 Å². The van der Waals surface area contributed by atoms with Gasteiger partial charge in [0.1, 0.15) is 12.2 Å². The van der Waals surface area contributed by atoms with Gasteiger partial charge in [0.15, 0.2) is 0 Å². The van der Waals surface area contributed by atoms with Crippen molar-refractivity contribution in [3.63, 3.8) is 0 Å². The number of rotatable bonds is 11. The summed E-state index contributed by atoms with van der Waals surface area (Å²) in [6.07, 6.45) is 8.94. The van der Waals surface area contributed by atoms with Crippen LogP contribution in [0.25, 0.3) is 0 Å². The molecule has 0 unspecified atom stereocenters. The number of hydrogen-bond acceptors (Lipinski definition) is 6. The van der Waals surface area contributed by atoms with E-state index in [2.05, 4.69) is 0 Å². The first-order valence-electron chi connectivity index (χ1n) is 14.0. The van der Waals surface area contributed by atoms with Gasteiger partial charge in [0.25, 0.3) is 0 Å². The molecule has 6 nitrogen and oxygen atoms in total. The molecule has 0 saturated carbocycles. The number of esters is 2. The summed E-state index contributed by atoms with van der Waals surface area (Å²) in [6.45, 7) is 16.2. The van der Waals surface area contributed by atoms with Gasteiger partial charge in [0.2, 0.25) is 0 Å². The normalized spacial score (nSPS) is 30.3. The lowest BCUT2D eigenvalue weighted by atomic mass is 9.95. The molecule has 2 saturated heterocycles. The maximum absolute atomic E-state index is 12.7. The van der Waals surface area contributed by atoms with Gasteiger partial charge in [-0.2, -0.15) is 0 Å². The van der Waals surface area contributed by atoms with Crippen molar-refractivity contribution in [3.8, 4) is 0 Å². The molecule has 0 aliphatic carbocycles. The molecule has 2 aliphatic rings. The number of carbonyl (C=O) groups is 2. The monoisotopic (exact) mass is 546 g/mol. The van der Waals surface area contributed by atoms with E-state index >= 15 is 0 Å². The van der Waals surface area contributed by atoms with Crippen molar-refractivity contribution in [2.45, 2.75) is 165 Å². The standard InChI is InChI=1S/C28H52O6P2/c1-25(2)17-21(18-26(3,4)35(25)31)33-23(29)15-13-11-9-10-12-14-16-24(30)34-22-19-27(5,6)36(32)28(7,8)20-22/h21-22,35-36H,9-20H2,1-8H3. The van der Waals surface area contributed by atoms with Crippen LogP contribution in [-0.2, 0) is 28.2 Å². The van der Waals surface area contributed by atoms with Gasteiger partial charge in [-0.1, -0.05) is 81.1 Å². The van der Waals surface area contributed by atoms with Gasteiger partial charge >= 0.3 is 11.9 Å². The highest BCUT2D eigenvalue weighted by Gasteiger charge is 2.47. The molecule has 0 N–H and O–H groups in total. The van der Waals surface area contributed by atoms with Gasteiger partial charge in [-0.3, -0.25) is 9.59 Å². The summed E-state index contributed by atoms with van der Waals surface area (Å²) in [6, 6.07) is 0. The second-order valence-corrected chi connectivity index (χ2v) is 20.6. The van der Waals surface area contributed by atoms with Crippen molar-refractivity contribution in [1.29, 1.82) is 0 Å². The molecule has 0 aromatic heterocycles. The summed E-state index contributed by atoms with van der Waals surface area (Å²) in [5.41, 5.74) is 0. The lowest BCUT2D eigenvalue weighted by Crippen LogP contribution is -2.41. The Balaban J connectivity index is 1.55. The van der Waals surface area contributed by atoms with Crippen LogP contribution in [0.5, 0.6) is 0 Å². The first kappa shape index (κ1) is 31.6. The van der Waals surface area contributed by atoms with E-state index in [1.165, 1.54) is 0 Å². The maximum Gasteiger partial charge on any atom is 0.306 e.